The average Bonchev–Trinajstić information content (AvgIpc) is 2.41. The number of nitrogens with zero attached hydrogens (tertiary/aromatic N) is 1. The fourth-order valence-corrected chi connectivity index (χ4v) is 3.04. The first-order chi connectivity index (χ1) is 9.77. The summed E-state index contributed by atoms with van der Waals surface area (Å²) < 4.78 is 25.5. The Balaban J connectivity index is 3.02. The number of hydrogen-bond acceptors (Lipinski definition) is 3. The molecule has 0 atom stereocenters. The predicted octanol–water partition coefficient (Wildman–Crippen LogP) is 2.10. The Morgan fingerprint density at radius 1 is 1.29 bits per heavy atom. The van der Waals surface area contributed by atoms with Crippen LogP contribution in [0.3, 0.4) is 0 Å². The van der Waals surface area contributed by atoms with Gasteiger partial charge in [-0.25, -0.2) is 8.42 Å². The van der Waals surface area contributed by atoms with Gasteiger partial charge >= 0.3 is 0 Å². The van der Waals surface area contributed by atoms with Crippen molar-refractivity contribution in [1.29, 1.82) is 0 Å². The highest BCUT2D eigenvalue weighted by atomic mass is 32.2. The smallest absolute Gasteiger partial charge is 0.232 e. The van der Waals surface area contributed by atoms with Crippen LogP contribution in [0.5, 0.6) is 0 Å². The number of benzene rings is 1. The standard InChI is InChI=1S/C15H24N2O3S/c1-5-15(18)16-10-11-17(21(4,19)20)14-9-7-6-8-13(14)12(2)3/h6-9,12H,5,10-11H2,1-4H3,(H,16,18). The molecule has 1 amide bonds. The first-order valence-electron chi connectivity index (χ1n) is 7.10. The number of carbonyl (C=O) groups excluding carboxylic acids is 1. The van der Waals surface area contributed by atoms with Gasteiger partial charge in [-0.05, 0) is 17.5 Å². The SMILES string of the molecule is CCC(=O)NCCN(c1ccccc1C(C)C)S(C)(=O)=O. The highest BCUT2D eigenvalue weighted by Gasteiger charge is 2.20. The number of para-hydroxylation sites is 1. The van der Waals surface area contributed by atoms with Crippen LogP contribution >= 0.6 is 0 Å². The summed E-state index contributed by atoms with van der Waals surface area (Å²) in [5.74, 6) is 0.135. The number of nitrogens with one attached hydrogen (secondary N) is 1. The van der Waals surface area contributed by atoms with Crippen molar-refractivity contribution in [3.63, 3.8) is 0 Å². The van der Waals surface area contributed by atoms with E-state index in [1.807, 2.05) is 32.0 Å². The van der Waals surface area contributed by atoms with Gasteiger partial charge in [0.05, 0.1) is 18.5 Å². The lowest BCUT2D eigenvalue weighted by Gasteiger charge is -2.26. The van der Waals surface area contributed by atoms with Gasteiger partial charge in [-0.15, -0.1) is 0 Å². The third-order valence-electron chi connectivity index (χ3n) is 3.19. The molecule has 0 aliphatic rings. The van der Waals surface area contributed by atoms with Crippen molar-refractivity contribution in [3.05, 3.63) is 29.8 Å². The molecule has 0 aliphatic heterocycles. The van der Waals surface area contributed by atoms with E-state index >= 15 is 0 Å². The van der Waals surface area contributed by atoms with E-state index in [0.29, 0.717) is 18.7 Å². The molecule has 1 aromatic rings. The number of anilines is 1. The Labute approximate surface area is 127 Å². The quantitative estimate of drug-likeness (QED) is 0.838. The van der Waals surface area contributed by atoms with Gasteiger partial charge in [0, 0.05) is 13.0 Å². The van der Waals surface area contributed by atoms with Crippen LogP contribution in [0.4, 0.5) is 5.69 Å². The highest BCUT2D eigenvalue weighted by Crippen LogP contribution is 2.28. The monoisotopic (exact) mass is 312 g/mol. The molecule has 5 nitrogen and oxygen atoms in total. The second-order valence-corrected chi connectivity index (χ2v) is 7.16. The van der Waals surface area contributed by atoms with Gasteiger partial charge in [-0.1, -0.05) is 39.0 Å². The first kappa shape index (κ1) is 17.5. The fraction of sp³-hybridized carbons (Fsp3) is 0.533. The Hall–Kier alpha value is -1.56. The largest absolute Gasteiger partial charge is 0.354 e. The molecule has 0 fully saturated rings. The van der Waals surface area contributed by atoms with E-state index in [1.54, 1.807) is 13.0 Å². The number of hydrogen-bond donors (Lipinski definition) is 1. The average molecular weight is 312 g/mol. The van der Waals surface area contributed by atoms with Crippen molar-refractivity contribution in [1.82, 2.24) is 5.32 Å². The van der Waals surface area contributed by atoms with E-state index in [4.69, 9.17) is 0 Å². The highest BCUT2D eigenvalue weighted by molar-refractivity contribution is 7.92. The Morgan fingerprint density at radius 3 is 2.43 bits per heavy atom. The van der Waals surface area contributed by atoms with Crippen molar-refractivity contribution < 1.29 is 13.2 Å². The lowest BCUT2D eigenvalue weighted by atomic mass is 10.0. The summed E-state index contributed by atoms with van der Waals surface area (Å²) in [6.07, 6.45) is 1.58. The lowest BCUT2D eigenvalue weighted by Crippen LogP contribution is -2.38. The predicted molar refractivity (Wildman–Crippen MR) is 86.0 cm³/mol. The van der Waals surface area contributed by atoms with Crippen LogP contribution in [0.25, 0.3) is 0 Å². The van der Waals surface area contributed by atoms with E-state index in [0.717, 1.165) is 5.56 Å². The van der Waals surface area contributed by atoms with Crippen LogP contribution in [0, 0.1) is 0 Å². The topological polar surface area (TPSA) is 66.5 Å². The van der Waals surface area contributed by atoms with Crippen LogP contribution in [0.2, 0.25) is 0 Å². The second-order valence-electron chi connectivity index (χ2n) is 5.25. The molecule has 1 aromatic carbocycles. The van der Waals surface area contributed by atoms with Crippen molar-refractivity contribution in [2.24, 2.45) is 0 Å². The third kappa shape index (κ3) is 5.04. The van der Waals surface area contributed by atoms with Gasteiger partial charge in [-0.2, -0.15) is 0 Å². The molecular weight excluding hydrogens is 288 g/mol. The van der Waals surface area contributed by atoms with E-state index in [-0.39, 0.29) is 18.4 Å². The lowest BCUT2D eigenvalue weighted by molar-refractivity contribution is -0.120. The van der Waals surface area contributed by atoms with Crippen molar-refractivity contribution in [3.8, 4) is 0 Å². The Morgan fingerprint density at radius 2 is 1.90 bits per heavy atom. The molecule has 6 heteroatoms. The second kappa shape index (κ2) is 7.45. The minimum absolute atomic E-state index is 0.0828. The maximum absolute atomic E-state index is 12.1. The molecule has 0 saturated carbocycles. The van der Waals surface area contributed by atoms with Gasteiger partial charge in [0.15, 0.2) is 0 Å². The molecule has 0 aliphatic carbocycles. The number of amides is 1. The minimum Gasteiger partial charge on any atom is -0.354 e. The number of carbonyl (C=O) groups is 1. The van der Waals surface area contributed by atoms with E-state index in [9.17, 15) is 13.2 Å². The van der Waals surface area contributed by atoms with Crippen molar-refractivity contribution >= 4 is 21.6 Å². The first-order valence-corrected chi connectivity index (χ1v) is 8.95. The fourth-order valence-electron chi connectivity index (χ4n) is 2.09. The van der Waals surface area contributed by atoms with Gasteiger partial charge in [-0.3, -0.25) is 9.10 Å². The minimum atomic E-state index is -3.40. The van der Waals surface area contributed by atoms with Crippen LogP contribution in [0.15, 0.2) is 24.3 Å². The molecule has 0 spiro atoms. The normalized spacial score (nSPS) is 11.5. The van der Waals surface area contributed by atoms with E-state index in [2.05, 4.69) is 5.32 Å². The van der Waals surface area contributed by atoms with Crippen LogP contribution < -0.4 is 9.62 Å². The zero-order chi connectivity index (χ0) is 16.0. The van der Waals surface area contributed by atoms with Gasteiger partial charge < -0.3 is 5.32 Å². The molecule has 0 bridgehead atoms. The van der Waals surface area contributed by atoms with Gasteiger partial charge in [0.1, 0.15) is 0 Å². The molecule has 0 saturated heterocycles. The molecule has 1 rings (SSSR count). The number of sulfonamides is 1. The molecule has 0 aromatic heterocycles. The van der Waals surface area contributed by atoms with Crippen molar-refractivity contribution in [2.45, 2.75) is 33.1 Å². The van der Waals surface area contributed by atoms with E-state index < -0.39 is 10.0 Å². The Bertz CT molecular complexity index is 582. The van der Waals surface area contributed by atoms with Gasteiger partial charge in [0.25, 0.3) is 0 Å². The molecule has 118 valence electrons. The molecule has 0 heterocycles. The van der Waals surface area contributed by atoms with E-state index in [1.165, 1.54) is 10.6 Å². The number of rotatable bonds is 7. The third-order valence-corrected chi connectivity index (χ3v) is 4.37. The van der Waals surface area contributed by atoms with Gasteiger partial charge in [0.2, 0.25) is 15.9 Å². The summed E-state index contributed by atoms with van der Waals surface area (Å²) in [5.41, 5.74) is 1.66. The Kier molecular flexibility index (Phi) is 6.20. The molecular formula is C15H24N2O3S. The van der Waals surface area contributed by atoms with Crippen molar-refractivity contribution in [2.75, 3.05) is 23.7 Å². The van der Waals surface area contributed by atoms with Crippen LogP contribution in [0.1, 0.15) is 38.7 Å². The van der Waals surface area contributed by atoms with Crippen LogP contribution in [-0.4, -0.2) is 33.7 Å². The summed E-state index contributed by atoms with van der Waals surface area (Å²) in [4.78, 5) is 11.3. The summed E-state index contributed by atoms with van der Waals surface area (Å²) in [6, 6.07) is 7.46. The maximum atomic E-state index is 12.1. The molecule has 0 unspecified atom stereocenters. The maximum Gasteiger partial charge on any atom is 0.232 e. The summed E-state index contributed by atoms with van der Waals surface area (Å²) in [7, 11) is -3.40. The van der Waals surface area contributed by atoms with Crippen LogP contribution in [-0.2, 0) is 14.8 Å². The zero-order valence-corrected chi connectivity index (χ0v) is 13.9. The zero-order valence-electron chi connectivity index (χ0n) is 13.1. The summed E-state index contributed by atoms with van der Waals surface area (Å²) >= 11 is 0. The molecule has 21 heavy (non-hydrogen) atoms. The molecule has 0 radical (unpaired) electrons. The summed E-state index contributed by atoms with van der Waals surface area (Å²) in [5, 5.41) is 2.71. The summed E-state index contributed by atoms with van der Waals surface area (Å²) in [6.45, 7) is 6.34. The molecule has 1 N–H and O–H groups in total.